The van der Waals surface area contributed by atoms with Crippen molar-refractivity contribution in [3.05, 3.63) is 34.3 Å². The monoisotopic (exact) mass is 275 g/mol. The first-order chi connectivity index (χ1) is 9.28. The van der Waals surface area contributed by atoms with Crippen molar-refractivity contribution in [1.29, 1.82) is 0 Å². The zero-order valence-electron chi connectivity index (χ0n) is 11.6. The molecule has 0 saturated heterocycles. The molecule has 1 fully saturated rings. The number of nitrogens with zero attached hydrogens (tertiary/aromatic N) is 2. The summed E-state index contributed by atoms with van der Waals surface area (Å²) >= 11 is 1.83. The Balaban J connectivity index is 1.81. The number of hydrogen-bond donors (Lipinski definition) is 1. The molecule has 1 N–H and O–H groups in total. The van der Waals surface area contributed by atoms with E-state index in [0.717, 1.165) is 18.1 Å². The molecular weight excluding hydrogens is 254 g/mol. The number of aryl methyl sites for hydroxylation is 1. The van der Waals surface area contributed by atoms with E-state index in [1.54, 1.807) is 0 Å². The van der Waals surface area contributed by atoms with Gasteiger partial charge in [0.2, 0.25) is 5.95 Å². The Morgan fingerprint density at radius 3 is 3.00 bits per heavy atom. The van der Waals surface area contributed by atoms with Gasteiger partial charge in [0, 0.05) is 17.1 Å². The predicted octanol–water partition coefficient (Wildman–Crippen LogP) is 4.54. The summed E-state index contributed by atoms with van der Waals surface area (Å²) in [4.78, 5) is 6.07. The van der Waals surface area contributed by atoms with Gasteiger partial charge in [-0.15, -0.1) is 11.3 Å². The third-order valence-electron chi connectivity index (χ3n) is 3.56. The van der Waals surface area contributed by atoms with Crippen LogP contribution in [0.1, 0.15) is 55.3 Å². The van der Waals surface area contributed by atoms with E-state index in [4.69, 9.17) is 0 Å². The summed E-state index contributed by atoms with van der Waals surface area (Å²) in [6.07, 6.45) is 7.09. The molecule has 0 amide bonds. The van der Waals surface area contributed by atoms with Crippen LogP contribution in [0.2, 0.25) is 0 Å². The Morgan fingerprint density at radius 1 is 1.53 bits per heavy atom. The summed E-state index contributed by atoms with van der Waals surface area (Å²) in [5.74, 6) is 1.05. The zero-order valence-corrected chi connectivity index (χ0v) is 12.4. The van der Waals surface area contributed by atoms with Crippen LogP contribution in [0.15, 0.2) is 23.7 Å². The minimum absolute atomic E-state index is 0.393. The van der Waals surface area contributed by atoms with Crippen LogP contribution in [0.5, 0.6) is 0 Å². The fourth-order valence-corrected chi connectivity index (χ4v) is 3.29. The lowest BCUT2D eigenvalue weighted by molar-refractivity contribution is 0.661. The number of rotatable bonds is 6. The molecule has 19 heavy (non-hydrogen) atoms. The molecule has 0 spiro atoms. The van der Waals surface area contributed by atoms with Crippen molar-refractivity contribution in [2.45, 2.75) is 51.6 Å². The lowest BCUT2D eigenvalue weighted by atomic mass is 10.1. The van der Waals surface area contributed by atoms with Crippen LogP contribution in [0.25, 0.3) is 0 Å². The van der Waals surface area contributed by atoms with Gasteiger partial charge in [-0.3, -0.25) is 0 Å². The molecule has 102 valence electrons. The van der Waals surface area contributed by atoms with E-state index < -0.39 is 0 Å². The Labute approximate surface area is 118 Å². The zero-order chi connectivity index (χ0) is 13.2. The summed E-state index contributed by atoms with van der Waals surface area (Å²) in [5.41, 5.74) is 1.11. The number of hydrogen-bond acceptors (Lipinski definition) is 3. The first kappa shape index (κ1) is 12.7. The second-order valence-corrected chi connectivity index (χ2v) is 6.32. The van der Waals surface area contributed by atoms with Crippen molar-refractivity contribution >= 4 is 17.3 Å². The number of nitrogens with one attached hydrogen (secondary N) is 1. The molecule has 0 bridgehead atoms. The fourth-order valence-electron chi connectivity index (χ4n) is 2.47. The summed E-state index contributed by atoms with van der Waals surface area (Å²) < 4.78 is 2.33. The van der Waals surface area contributed by atoms with Crippen molar-refractivity contribution in [1.82, 2.24) is 9.55 Å². The molecule has 1 saturated carbocycles. The number of thiophene rings is 1. The van der Waals surface area contributed by atoms with Gasteiger partial charge in [0.05, 0.1) is 11.7 Å². The third kappa shape index (κ3) is 2.84. The van der Waals surface area contributed by atoms with Crippen LogP contribution in [-0.4, -0.2) is 9.55 Å². The van der Waals surface area contributed by atoms with Gasteiger partial charge in [-0.05, 0) is 37.6 Å². The summed E-state index contributed by atoms with van der Waals surface area (Å²) in [6.45, 7) is 4.31. The highest BCUT2D eigenvalue weighted by molar-refractivity contribution is 7.10. The van der Waals surface area contributed by atoms with Crippen molar-refractivity contribution in [2.75, 3.05) is 5.32 Å². The average molecular weight is 275 g/mol. The van der Waals surface area contributed by atoms with E-state index in [0.29, 0.717) is 12.1 Å². The van der Waals surface area contributed by atoms with Crippen LogP contribution >= 0.6 is 11.3 Å². The SMILES string of the molecule is CCCC(Nc1nc(C)cn1C1CC1)c1cccs1. The van der Waals surface area contributed by atoms with Crippen LogP contribution in [0.4, 0.5) is 5.95 Å². The molecule has 3 rings (SSSR count). The molecule has 3 nitrogen and oxygen atoms in total. The highest BCUT2D eigenvalue weighted by Gasteiger charge is 2.27. The molecule has 0 aliphatic heterocycles. The highest BCUT2D eigenvalue weighted by Crippen LogP contribution is 2.38. The van der Waals surface area contributed by atoms with Gasteiger partial charge in [-0.1, -0.05) is 19.4 Å². The molecule has 2 aromatic rings. The number of anilines is 1. The molecular formula is C15H21N3S. The van der Waals surface area contributed by atoms with Gasteiger partial charge in [0.1, 0.15) is 0 Å². The Morgan fingerprint density at radius 2 is 2.37 bits per heavy atom. The maximum atomic E-state index is 4.66. The minimum Gasteiger partial charge on any atom is -0.348 e. The van der Waals surface area contributed by atoms with Gasteiger partial charge in [0.15, 0.2) is 0 Å². The van der Waals surface area contributed by atoms with E-state index in [1.165, 1.54) is 24.1 Å². The molecule has 2 heterocycles. The van der Waals surface area contributed by atoms with E-state index >= 15 is 0 Å². The van der Waals surface area contributed by atoms with E-state index in [1.807, 2.05) is 11.3 Å². The molecule has 1 unspecified atom stereocenters. The maximum absolute atomic E-state index is 4.66. The first-order valence-corrected chi connectivity index (χ1v) is 8.01. The Kier molecular flexibility index (Phi) is 3.60. The smallest absolute Gasteiger partial charge is 0.203 e. The molecule has 0 radical (unpaired) electrons. The quantitative estimate of drug-likeness (QED) is 0.838. The predicted molar refractivity (Wildman–Crippen MR) is 80.8 cm³/mol. The van der Waals surface area contributed by atoms with Crippen LogP contribution in [0, 0.1) is 6.92 Å². The molecule has 1 aliphatic carbocycles. The lowest BCUT2D eigenvalue weighted by Gasteiger charge is -2.18. The van der Waals surface area contributed by atoms with Gasteiger partial charge in [0.25, 0.3) is 0 Å². The molecule has 4 heteroatoms. The largest absolute Gasteiger partial charge is 0.348 e. The molecule has 0 aromatic carbocycles. The van der Waals surface area contributed by atoms with E-state index in [2.05, 4.69) is 52.4 Å². The van der Waals surface area contributed by atoms with Crippen LogP contribution in [0.3, 0.4) is 0 Å². The standard InChI is InChI=1S/C15H21N3S/c1-3-5-13(14-6-4-9-19-14)17-15-16-11(2)10-18(15)12-7-8-12/h4,6,9-10,12-13H,3,5,7-8H2,1-2H3,(H,16,17). The highest BCUT2D eigenvalue weighted by atomic mass is 32.1. The molecule has 1 aliphatic rings. The average Bonchev–Trinajstić information content (AvgIpc) is 2.95. The van der Waals surface area contributed by atoms with Gasteiger partial charge in [-0.2, -0.15) is 0 Å². The normalized spacial score (nSPS) is 16.5. The van der Waals surface area contributed by atoms with Crippen molar-refractivity contribution in [2.24, 2.45) is 0 Å². The third-order valence-corrected chi connectivity index (χ3v) is 4.55. The Hall–Kier alpha value is -1.29. The van der Waals surface area contributed by atoms with Crippen molar-refractivity contribution < 1.29 is 0 Å². The van der Waals surface area contributed by atoms with Gasteiger partial charge in [-0.25, -0.2) is 4.98 Å². The van der Waals surface area contributed by atoms with Crippen molar-refractivity contribution in [3.63, 3.8) is 0 Å². The van der Waals surface area contributed by atoms with Crippen LogP contribution < -0.4 is 5.32 Å². The van der Waals surface area contributed by atoms with Gasteiger partial charge >= 0.3 is 0 Å². The topological polar surface area (TPSA) is 29.9 Å². The summed E-state index contributed by atoms with van der Waals surface area (Å²) in [5, 5.41) is 5.81. The van der Waals surface area contributed by atoms with Crippen molar-refractivity contribution in [3.8, 4) is 0 Å². The van der Waals surface area contributed by atoms with Crippen LogP contribution in [-0.2, 0) is 0 Å². The van der Waals surface area contributed by atoms with E-state index in [-0.39, 0.29) is 0 Å². The molecule has 2 aromatic heterocycles. The first-order valence-electron chi connectivity index (χ1n) is 7.13. The summed E-state index contributed by atoms with van der Waals surface area (Å²) in [7, 11) is 0. The van der Waals surface area contributed by atoms with E-state index in [9.17, 15) is 0 Å². The second-order valence-electron chi connectivity index (χ2n) is 5.35. The Bertz CT molecular complexity index is 526. The summed E-state index contributed by atoms with van der Waals surface area (Å²) in [6, 6.07) is 5.41. The number of imidazole rings is 1. The lowest BCUT2D eigenvalue weighted by Crippen LogP contribution is -2.13. The fraction of sp³-hybridized carbons (Fsp3) is 0.533. The van der Waals surface area contributed by atoms with Gasteiger partial charge < -0.3 is 9.88 Å². The number of aromatic nitrogens is 2. The maximum Gasteiger partial charge on any atom is 0.203 e. The minimum atomic E-state index is 0.393. The molecule has 1 atom stereocenters. The second kappa shape index (κ2) is 5.37.